The molecule has 2 aliphatic rings. The summed E-state index contributed by atoms with van der Waals surface area (Å²) in [7, 11) is 2.19. The molecule has 0 aromatic heterocycles. The van der Waals surface area contributed by atoms with Gasteiger partial charge in [-0.2, -0.15) is 0 Å². The Morgan fingerprint density at radius 1 is 0.938 bits per heavy atom. The lowest BCUT2D eigenvalue weighted by molar-refractivity contribution is 0.126. The standard InChI is InChI=1S/C8H18N2.C5H11N/c1-8(2)10-6-4-9(3)5-7-10;1-2-6-4-3-5-6/h8H,4-7H2,1-3H3;2-5H2,1H3. The van der Waals surface area contributed by atoms with E-state index in [4.69, 9.17) is 0 Å². The zero-order chi connectivity index (χ0) is 12.0. The molecule has 2 fully saturated rings. The molecule has 0 atom stereocenters. The Balaban J connectivity index is 0.000000181. The maximum atomic E-state index is 2.53. The Morgan fingerprint density at radius 2 is 1.50 bits per heavy atom. The lowest BCUT2D eigenvalue weighted by Crippen LogP contribution is -2.47. The Labute approximate surface area is 101 Å². The average molecular weight is 227 g/mol. The van der Waals surface area contributed by atoms with Crippen molar-refractivity contribution in [1.29, 1.82) is 0 Å². The zero-order valence-electron chi connectivity index (χ0n) is 11.6. The maximum Gasteiger partial charge on any atom is 0.0112 e. The molecule has 2 rings (SSSR count). The molecule has 3 nitrogen and oxygen atoms in total. The third-order valence-electron chi connectivity index (χ3n) is 3.66. The van der Waals surface area contributed by atoms with Crippen LogP contribution in [0.15, 0.2) is 0 Å². The fourth-order valence-electron chi connectivity index (χ4n) is 2.04. The van der Waals surface area contributed by atoms with E-state index in [-0.39, 0.29) is 0 Å². The molecule has 0 aliphatic carbocycles. The molecule has 0 spiro atoms. The van der Waals surface area contributed by atoms with E-state index in [1.54, 1.807) is 0 Å². The highest BCUT2D eigenvalue weighted by Gasteiger charge is 2.15. The SMILES string of the molecule is CC(C)N1CCN(C)CC1.CCN1CCC1. The molecule has 0 radical (unpaired) electrons. The average Bonchev–Trinajstić information content (AvgIpc) is 2.17. The van der Waals surface area contributed by atoms with Crippen molar-refractivity contribution in [3.8, 4) is 0 Å². The van der Waals surface area contributed by atoms with E-state index in [0.29, 0.717) is 0 Å². The summed E-state index contributed by atoms with van der Waals surface area (Å²) in [5.74, 6) is 0. The van der Waals surface area contributed by atoms with E-state index in [1.807, 2.05) is 0 Å². The third kappa shape index (κ3) is 4.81. The summed E-state index contributed by atoms with van der Waals surface area (Å²) in [6.45, 7) is 15.6. The van der Waals surface area contributed by atoms with Crippen molar-refractivity contribution in [3.63, 3.8) is 0 Å². The van der Waals surface area contributed by atoms with Crippen LogP contribution in [0.3, 0.4) is 0 Å². The van der Waals surface area contributed by atoms with Gasteiger partial charge in [0.2, 0.25) is 0 Å². The summed E-state index contributed by atoms with van der Waals surface area (Å²) >= 11 is 0. The van der Waals surface area contributed by atoms with E-state index >= 15 is 0 Å². The number of hydrogen-bond donors (Lipinski definition) is 0. The molecule has 2 heterocycles. The highest BCUT2D eigenvalue weighted by molar-refractivity contribution is 4.71. The van der Waals surface area contributed by atoms with Gasteiger partial charge in [0.25, 0.3) is 0 Å². The fraction of sp³-hybridized carbons (Fsp3) is 1.00. The van der Waals surface area contributed by atoms with Crippen molar-refractivity contribution in [2.24, 2.45) is 0 Å². The molecule has 0 aromatic rings. The first-order valence-electron chi connectivity index (χ1n) is 6.78. The zero-order valence-corrected chi connectivity index (χ0v) is 11.6. The number of piperazine rings is 1. The topological polar surface area (TPSA) is 9.72 Å². The van der Waals surface area contributed by atoms with E-state index in [0.717, 1.165) is 6.04 Å². The van der Waals surface area contributed by atoms with Gasteiger partial charge < -0.3 is 9.80 Å². The lowest BCUT2D eigenvalue weighted by Gasteiger charge is -2.34. The molecular formula is C13H29N3. The van der Waals surface area contributed by atoms with Gasteiger partial charge in [0, 0.05) is 32.2 Å². The van der Waals surface area contributed by atoms with Crippen molar-refractivity contribution in [1.82, 2.24) is 14.7 Å². The molecule has 0 N–H and O–H groups in total. The minimum absolute atomic E-state index is 0.730. The van der Waals surface area contributed by atoms with Crippen LogP contribution in [0.4, 0.5) is 0 Å². The summed E-state index contributed by atoms with van der Waals surface area (Å²) in [6, 6.07) is 0.730. The van der Waals surface area contributed by atoms with Gasteiger partial charge in [-0.25, -0.2) is 0 Å². The smallest absolute Gasteiger partial charge is 0.0112 e. The molecule has 2 saturated heterocycles. The number of hydrogen-bond acceptors (Lipinski definition) is 3. The first kappa shape index (κ1) is 13.9. The molecule has 2 aliphatic heterocycles. The van der Waals surface area contributed by atoms with Gasteiger partial charge in [0.15, 0.2) is 0 Å². The van der Waals surface area contributed by atoms with Crippen LogP contribution in [0.25, 0.3) is 0 Å². The molecule has 0 saturated carbocycles. The minimum atomic E-state index is 0.730. The van der Waals surface area contributed by atoms with Gasteiger partial charge >= 0.3 is 0 Å². The van der Waals surface area contributed by atoms with Gasteiger partial charge in [-0.1, -0.05) is 6.92 Å². The number of nitrogens with zero attached hydrogens (tertiary/aromatic N) is 3. The lowest BCUT2D eigenvalue weighted by atomic mass is 10.2. The van der Waals surface area contributed by atoms with Crippen LogP contribution >= 0.6 is 0 Å². The Kier molecular flexibility index (Phi) is 6.32. The molecule has 0 amide bonds. The first-order valence-corrected chi connectivity index (χ1v) is 6.78. The Morgan fingerprint density at radius 3 is 1.75 bits per heavy atom. The van der Waals surface area contributed by atoms with Crippen molar-refractivity contribution in [3.05, 3.63) is 0 Å². The molecule has 0 unspecified atom stereocenters. The van der Waals surface area contributed by atoms with Crippen molar-refractivity contribution >= 4 is 0 Å². The summed E-state index contributed by atoms with van der Waals surface area (Å²) < 4.78 is 0. The van der Waals surface area contributed by atoms with Crippen LogP contribution in [0.2, 0.25) is 0 Å². The minimum Gasteiger partial charge on any atom is -0.304 e. The Hall–Kier alpha value is -0.120. The van der Waals surface area contributed by atoms with Crippen LogP contribution in [0.1, 0.15) is 27.2 Å². The Bertz CT molecular complexity index is 167. The van der Waals surface area contributed by atoms with Crippen molar-refractivity contribution in [2.75, 3.05) is 52.9 Å². The monoisotopic (exact) mass is 227 g/mol. The molecular weight excluding hydrogens is 198 g/mol. The summed E-state index contributed by atoms with van der Waals surface area (Å²) in [5.41, 5.74) is 0. The first-order chi connectivity index (χ1) is 7.63. The number of likely N-dealkylation sites (N-methyl/N-ethyl adjacent to an activating group) is 1. The predicted molar refractivity (Wildman–Crippen MR) is 70.9 cm³/mol. The quantitative estimate of drug-likeness (QED) is 0.705. The van der Waals surface area contributed by atoms with E-state index in [9.17, 15) is 0 Å². The molecule has 96 valence electrons. The van der Waals surface area contributed by atoms with Crippen molar-refractivity contribution in [2.45, 2.75) is 33.2 Å². The second kappa shape index (κ2) is 7.25. The summed E-state index contributed by atoms with van der Waals surface area (Å²) in [4.78, 5) is 7.35. The second-order valence-electron chi connectivity index (χ2n) is 5.22. The van der Waals surface area contributed by atoms with Gasteiger partial charge in [0.1, 0.15) is 0 Å². The fourth-order valence-corrected chi connectivity index (χ4v) is 2.04. The second-order valence-corrected chi connectivity index (χ2v) is 5.22. The predicted octanol–water partition coefficient (Wildman–Crippen LogP) is 1.35. The number of likely N-dealkylation sites (tertiary alicyclic amines) is 1. The largest absolute Gasteiger partial charge is 0.304 e. The molecule has 0 aromatic carbocycles. The van der Waals surface area contributed by atoms with Crippen molar-refractivity contribution < 1.29 is 0 Å². The highest BCUT2D eigenvalue weighted by Crippen LogP contribution is 2.03. The third-order valence-corrected chi connectivity index (χ3v) is 3.66. The molecule has 3 heteroatoms. The molecule has 16 heavy (non-hydrogen) atoms. The van der Waals surface area contributed by atoms with Crippen LogP contribution in [0, 0.1) is 0 Å². The van der Waals surface area contributed by atoms with Crippen LogP contribution < -0.4 is 0 Å². The van der Waals surface area contributed by atoms with Crippen LogP contribution in [-0.4, -0.2) is 73.6 Å². The highest BCUT2D eigenvalue weighted by atomic mass is 15.3. The van der Waals surface area contributed by atoms with Gasteiger partial charge in [0.05, 0.1) is 0 Å². The normalized spacial score (nSPS) is 23.8. The van der Waals surface area contributed by atoms with E-state index in [2.05, 4.69) is 42.5 Å². The van der Waals surface area contributed by atoms with Crippen LogP contribution in [-0.2, 0) is 0 Å². The van der Waals surface area contributed by atoms with Gasteiger partial charge in [-0.15, -0.1) is 0 Å². The number of rotatable bonds is 2. The maximum absolute atomic E-state index is 2.53. The summed E-state index contributed by atoms with van der Waals surface area (Å²) in [6.07, 6.45) is 1.42. The van der Waals surface area contributed by atoms with Gasteiger partial charge in [-0.05, 0) is 47.0 Å². The van der Waals surface area contributed by atoms with Crippen LogP contribution in [0.5, 0.6) is 0 Å². The summed E-state index contributed by atoms with van der Waals surface area (Å²) in [5, 5.41) is 0. The molecule has 0 bridgehead atoms. The van der Waals surface area contributed by atoms with E-state index < -0.39 is 0 Å². The van der Waals surface area contributed by atoms with E-state index in [1.165, 1.54) is 52.2 Å². The van der Waals surface area contributed by atoms with Gasteiger partial charge in [-0.3, -0.25) is 4.90 Å².